The molecule has 3 N–H and O–H groups in total. The highest BCUT2D eigenvalue weighted by Crippen LogP contribution is 1.98. The van der Waals surface area contributed by atoms with Crippen molar-refractivity contribution in [1.29, 1.82) is 0 Å². The molecule has 5 nitrogen and oxygen atoms in total. The van der Waals surface area contributed by atoms with Crippen LogP contribution >= 0.6 is 11.8 Å². The Balaban J connectivity index is 3.68. The Morgan fingerprint density at radius 3 is 2.56 bits per heavy atom. The van der Waals surface area contributed by atoms with Gasteiger partial charge in [0.05, 0.1) is 6.04 Å². The van der Waals surface area contributed by atoms with E-state index in [2.05, 4.69) is 5.32 Å². The van der Waals surface area contributed by atoms with Crippen LogP contribution in [0, 0.1) is 0 Å². The lowest BCUT2D eigenvalue weighted by Gasteiger charge is -2.13. The zero-order valence-electron chi connectivity index (χ0n) is 10.2. The van der Waals surface area contributed by atoms with E-state index < -0.39 is 6.04 Å². The molecule has 0 rings (SSSR count). The van der Waals surface area contributed by atoms with Crippen LogP contribution in [0.25, 0.3) is 0 Å². The predicted molar refractivity (Wildman–Crippen MR) is 67.3 cm³/mol. The number of nitrogens with zero attached hydrogens (tertiary/aromatic N) is 1. The molecule has 0 aliphatic carbocycles. The SMILES string of the molecule is CSCC[C@@H](N)C(=O)NCCC(=O)N(C)C. The Morgan fingerprint density at radius 1 is 1.44 bits per heavy atom. The summed E-state index contributed by atoms with van der Waals surface area (Å²) in [5.74, 6) is 0.684. The number of hydrogen-bond acceptors (Lipinski definition) is 4. The zero-order valence-corrected chi connectivity index (χ0v) is 11.0. The number of rotatable bonds is 7. The minimum atomic E-state index is -0.470. The second kappa shape index (κ2) is 8.41. The van der Waals surface area contributed by atoms with Crippen LogP contribution in [0.2, 0.25) is 0 Å². The van der Waals surface area contributed by atoms with Crippen molar-refractivity contribution < 1.29 is 9.59 Å². The van der Waals surface area contributed by atoms with Crippen LogP contribution in [0.1, 0.15) is 12.8 Å². The van der Waals surface area contributed by atoms with Gasteiger partial charge in [0.2, 0.25) is 11.8 Å². The third-order valence-corrected chi connectivity index (χ3v) is 2.75. The lowest BCUT2D eigenvalue weighted by molar-refractivity contribution is -0.128. The molecule has 0 saturated heterocycles. The molecule has 16 heavy (non-hydrogen) atoms. The van der Waals surface area contributed by atoms with Crippen molar-refractivity contribution in [3.8, 4) is 0 Å². The standard InChI is InChI=1S/C10H21N3O2S/c1-13(2)9(14)4-6-12-10(15)8(11)5-7-16-3/h8H,4-7,11H2,1-3H3,(H,12,15)/t8-/m1/s1. The van der Waals surface area contributed by atoms with Gasteiger partial charge in [-0.3, -0.25) is 9.59 Å². The maximum Gasteiger partial charge on any atom is 0.236 e. The van der Waals surface area contributed by atoms with Crippen LogP contribution in [0.15, 0.2) is 0 Å². The first-order valence-corrected chi connectivity index (χ1v) is 6.60. The van der Waals surface area contributed by atoms with E-state index in [4.69, 9.17) is 5.73 Å². The van der Waals surface area contributed by atoms with Crippen molar-refractivity contribution in [2.45, 2.75) is 18.9 Å². The minimum absolute atomic E-state index is 0.00187. The van der Waals surface area contributed by atoms with Gasteiger partial charge >= 0.3 is 0 Å². The van der Waals surface area contributed by atoms with E-state index in [1.54, 1.807) is 25.9 Å². The lowest BCUT2D eigenvalue weighted by atomic mass is 10.2. The van der Waals surface area contributed by atoms with Crippen LogP contribution in [0.5, 0.6) is 0 Å². The van der Waals surface area contributed by atoms with Crippen molar-refractivity contribution in [3.05, 3.63) is 0 Å². The van der Waals surface area contributed by atoms with Crippen LogP contribution in [-0.4, -0.2) is 55.4 Å². The molecular weight excluding hydrogens is 226 g/mol. The number of amides is 2. The van der Waals surface area contributed by atoms with E-state index >= 15 is 0 Å². The fraction of sp³-hybridized carbons (Fsp3) is 0.800. The van der Waals surface area contributed by atoms with Crippen molar-refractivity contribution in [3.63, 3.8) is 0 Å². The summed E-state index contributed by atoms with van der Waals surface area (Å²) in [6.45, 7) is 0.350. The second-order valence-corrected chi connectivity index (χ2v) is 4.70. The number of thioether (sulfide) groups is 1. The molecule has 2 amide bonds. The fourth-order valence-corrected chi connectivity index (χ4v) is 1.51. The molecule has 6 heteroatoms. The molecule has 0 aliphatic heterocycles. The first-order valence-electron chi connectivity index (χ1n) is 5.21. The number of hydrogen-bond donors (Lipinski definition) is 2. The molecule has 0 radical (unpaired) electrons. The molecule has 0 unspecified atom stereocenters. The quantitative estimate of drug-likeness (QED) is 0.645. The number of nitrogens with two attached hydrogens (primary N) is 1. The molecule has 0 spiro atoms. The van der Waals surface area contributed by atoms with E-state index in [-0.39, 0.29) is 11.8 Å². The first-order chi connectivity index (χ1) is 7.49. The van der Waals surface area contributed by atoms with E-state index in [9.17, 15) is 9.59 Å². The maximum absolute atomic E-state index is 11.4. The topological polar surface area (TPSA) is 75.4 Å². The Bertz CT molecular complexity index is 234. The summed E-state index contributed by atoms with van der Waals surface area (Å²) in [5.41, 5.74) is 5.66. The van der Waals surface area contributed by atoms with Gasteiger partial charge in [0, 0.05) is 27.1 Å². The van der Waals surface area contributed by atoms with E-state index in [1.807, 2.05) is 6.26 Å². The molecule has 0 bridgehead atoms. The summed E-state index contributed by atoms with van der Waals surface area (Å²) in [4.78, 5) is 24.1. The summed E-state index contributed by atoms with van der Waals surface area (Å²) in [6, 6.07) is -0.470. The first kappa shape index (κ1) is 15.2. The van der Waals surface area contributed by atoms with Crippen molar-refractivity contribution in [2.75, 3.05) is 32.6 Å². The predicted octanol–water partition coefficient (Wildman–Crippen LogP) is -0.339. The van der Waals surface area contributed by atoms with Crippen LogP contribution in [0.4, 0.5) is 0 Å². The molecular formula is C10H21N3O2S. The van der Waals surface area contributed by atoms with Gasteiger partial charge in [-0.2, -0.15) is 11.8 Å². The van der Waals surface area contributed by atoms with Gasteiger partial charge in [-0.1, -0.05) is 0 Å². The summed E-state index contributed by atoms with van der Waals surface area (Å²) >= 11 is 1.66. The average molecular weight is 247 g/mol. The third-order valence-electron chi connectivity index (χ3n) is 2.11. The Hall–Kier alpha value is -0.750. The van der Waals surface area contributed by atoms with E-state index in [0.717, 1.165) is 5.75 Å². The Kier molecular flexibility index (Phi) is 8.01. The largest absolute Gasteiger partial charge is 0.354 e. The van der Waals surface area contributed by atoms with E-state index in [1.165, 1.54) is 4.90 Å². The monoisotopic (exact) mass is 247 g/mol. The Morgan fingerprint density at radius 2 is 2.06 bits per heavy atom. The third kappa shape index (κ3) is 6.68. The van der Waals surface area contributed by atoms with Gasteiger partial charge < -0.3 is 16.0 Å². The molecule has 0 aromatic rings. The second-order valence-electron chi connectivity index (χ2n) is 3.72. The molecule has 0 saturated carbocycles. The smallest absolute Gasteiger partial charge is 0.236 e. The van der Waals surface area contributed by atoms with Crippen LogP contribution in [-0.2, 0) is 9.59 Å². The zero-order chi connectivity index (χ0) is 12.6. The van der Waals surface area contributed by atoms with Crippen LogP contribution in [0.3, 0.4) is 0 Å². The highest BCUT2D eigenvalue weighted by Gasteiger charge is 2.12. The van der Waals surface area contributed by atoms with E-state index in [0.29, 0.717) is 19.4 Å². The van der Waals surface area contributed by atoms with Gasteiger partial charge in [-0.15, -0.1) is 0 Å². The molecule has 0 fully saturated rings. The fourth-order valence-electron chi connectivity index (χ4n) is 1.02. The summed E-state index contributed by atoms with van der Waals surface area (Å²) < 4.78 is 0. The molecule has 0 aromatic heterocycles. The highest BCUT2D eigenvalue weighted by atomic mass is 32.2. The van der Waals surface area contributed by atoms with Gasteiger partial charge in [-0.05, 0) is 18.4 Å². The minimum Gasteiger partial charge on any atom is -0.354 e. The maximum atomic E-state index is 11.4. The van der Waals surface area contributed by atoms with Crippen molar-refractivity contribution >= 4 is 23.6 Å². The number of nitrogens with one attached hydrogen (secondary N) is 1. The Labute approximate surface area is 101 Å². The van der Waals surface area contributed by atoms with Crippen LogP contribution < -0.4 is 11.1 Å². The van der Waals surface area contributed by atoms with Crippen molar-refractivity contribution in [2.24, 2.45) is 5.73 Å². The van der Waals surface area contributed by atoms with Gasteiger partial charge in [0.25, 0.3) is 0 Å². The molecule has 0 aromatic carbocycles. The molecule has 94 valence electrons. The van der Waals surface area contributed by atoms with Gasteiger partial charge in [0.1, 0.15) is 0 Å². The number of carbonyl (C=O) groups is 2. The van der Waals surface area contributed by atoms with Gasteiger partial charge in [0.15, 0.2) is 0 Å². The average Bonchev–Trinajstić information content (AvgIpc) is 2.25. The normalized spacial score (nSPS) is 12.0. The van der Waals surface area contributed by atoms with Gasteiger partial charge in [-0.25, -0.2) is 0 Å². The summed E-state index contributed by atoms with van der Waals surface area (Å²) in [5, 5.41) is 2.66. The molecule has 1 atom stereocenters. The number of carbonyl (C=O) groups excluding carboxylic acids is 2. The summed E-state index contributed by atoms with van der Waals surface area (Å²) in [7, 11) is 3.38. The highest BCUT2D eigenvalue weighted by molar-refractivity contribution is 7.98. The lowest BCUT2D eigenvalue weighted by Crippen LogP contribution is -2.42. The summed E-state index contributed by atoms with van der Waals surface area (Å²) in [6.07, 6.45) is 2.95. The molecule has 0 aliphatic rings. The van der Waals surface area contributed by atoms with Crippen molar-refractivity contribution in [1.82, 2.24) is 10.2 Å². The molecule has 0 heterocycles.